The highest BCUT2D eigenvalue weighted by atomic mass is 35.5. The normalized spacial score (nSPS) is 13.0. The van der Waals surface area contributed by atoms with Gasteiger partial charge in [-0.15, -0.1) is 3.82 Å². The third-order valence-electron chi connectivity index (χ3n) is 3.32. The molecule has 2 aromatic rings. The van der Waals surface area contributed by atoms with Crippen LogP contribution in [-0.4, -0.2) is 29.8 Å². The Labute approximate surface area is 145 Å². The van der Waals surface area contributed by atoms with E-state index in [4.69, 9.17) is 17.5 Å². The zero-order valence-corrected chi connectivity index (χ0v) is 14.2. The van der Waals surface area contributed by atoms with E-state index in [1.54, 1.807) is 0 Å². The molecule has 0 aliphatic rings. The van der Waals surface area contributed by atoms with Crippen LogP contribution >= 0.6 is 11.8 Å². The molecule has 0 unspecified atom stereocenters. The van der Waals surface area contributed by atoms with E-state index in [9.17, 15) is 18.5 Å². The van der Waals surface area contributed by atoms with E-state index in [1.165, 1.54) is 12.1 Å². The van der Waals surface area contributed by atoms with Gasteiger partial charge in [-0.3, -0.25) is 10.1 Å². The summed E-state index contributed by atoms with van der Waals surface area (Å²) in [6.45, 7) is -0.176. The summed E-state index contributed by atoms with van der Waals surface area (Å²) in [5.74, 6) is 0. The summed E-state index contributed by atoms with van der Waals surface area (Å²) in [4.78, 5) is 9.79. The summed E-state index contributed by atoms with van der Waals surface area (Å²) in [5.41, 5.74) is 6.37. The fourth-order valence-corrected chi connectivity index (χ4v) is 3.86. The van der Waals surface area contributed by atoms with Crippen molar-refractivity contribution >= 4 is 27.5 Å². The van der Waals surface area contributed by atoms with Crippen molar-refractivity contribution in [2.45, 2.75) is 17.4 Å². The maximum Gasteiger partial charge on any atom is 0.289 e. The second-order valence-electron chi connectivity index (χ2n) is 5.15. The molecule has 7 nitrogen and oxygen atoms in total. The quantitative estimate of drug-likeness (QED) is 0.458. The van der Waals surface area contributed by atoms with Gasteiger partial charge in [-0.2, -0.15) is 0 Å². The Morgan fingerprint density at radius 1 is 1.12 bits per heavy atom. The van der Waals surface area contributed by atoms with E-state index in [1.807, 2.05) is 30.3 Å². The van der Waals surface area contributed by atoms with Crippen LogP contribution in [0.4, 0.5) is 5.69 Å². The van der Waals surface area contributed by atoms with Crippen LogP contribution < -0.4 is 5.73 Å². The van der Waals surface area contributed by atoms with Gasteiger partial charge in [0.25, 0.3) is 15.7 Å². The van der Waals surface area contributed by atoms with Gasteiger partial charge >= 0.3 is 0 Å². The molecule has 0 bridgehead atoms. The molecule has 0 saturated heterocycles. The molecule has 0 aromatic heterocycles. The highest BCUT2D eigenvalue weighted by Gasteiger charge is 2.31. The molecular formula is C15H16ClN3O4S. The van der Waals surface area contributed by atoms with Crippen molar-refractivity contribution in [3.05, 3.63) is 70.3 Å². The number of hydrogen-bond acceptors (Lipinski definition) is 5. The summed E-state index contributed by atoms with van der Waals surface area (Å²) in [6, 6.07) is 13.8. The molecule has 0 amide bonds. The molecule has 0 saturated carbocycles. The van der Waals surface area contributed by atoms with Gasteiger partial charge in [0.05, 0.1) is 4.92 Å². The Bertz CT molecular complexity index is 814. The van der Waals surface area contributed by atoms with Crippen molar-refractivity contribution in [2.24, 2.45) is 5.73 Å². The Morgan fingerprint density at radius 3 is 2.33 bits per heavy atom. The van der Waals surface area contributed by atoms with Crippen LogP contribution in [0.1, 0.15) is 5.56 Å². The monoisotopic (exact) mass is 369 g/mol. The minimum atomic E-state index is -4.22. The zero-order valence-electron chi connectivity index (χ0n) is 12.6. The summed E-state index contributed by atoms with van der Waals surface area (Å²) >= 11 is 5.89. The first-order chi connectivity index (χ1) is 11.3. The van der Waals surface area contributed by atoms with Crippen molar-refractivity contribution in [2.75, 3.05) is 6.54 Å². The van der Waals surface area contributed by atoms with E-state index < -0.39 is 31.6 Å². The lowest BCUT2D eigenvalue weighted by molar-refractivity contribution is -0.387. The average Bonchev–Trinajstić information content (AvgIpc) is 2.55. The van der Waals surface area contributed by atoms with Crippen LogP contribution in [0.3, 0.4) is 0 Å². The van der Waals surface area contributed by atoms with Gasteiger partial charge in [0.1, 0.15) is 0 Å². The molecule has 0 aliphatic carbocycles. The minimum absolute atomic E-state index is 0.176. The van der Waals surface area contributed by atoms with E-state index >= 15 is 0 Å². The van der Waals surface area contributed by atoms with Crippen molar-refractivity contribution in [3.63, 3.8) is 0 Å². The van der Waals surface area contributed by atoms with Gasteiger partial charge in [-0.05, 0) is 29.8 Å². The second-order valence-corrected chi connectivity index (χ2v) is 7.59. The van der Waals surface area contributed by atoms with Crippen LogP contribution in [0.25, 0.3) is 0 Å². The first-order valence-corrected chi connectivity index (χ1v) is 8.81. The van der Waals surface area contributed by atoms with E-state index in [-0.39, 0.29) is 6.54 Å². The molecule has 24 heavy (non-hydrogen) atoms. The smallest absolute Gasteiger partial charge is 0.289 e. The maximum atomic E-state index is 12.5. The summed E-state index contributed by atoms with van der Waals surface area (Å²) < 4.78 is 25.5. The molecule has 0 spiro atoms. The van der Waals surface area contributed by atoms with Gasteiger partial charge < -0.3 is 5.73 Å². The van der Waals surface area contributed by atoms with Crippen LogP contribution in [0.5, 0.6) is 0 Å². The fourth-order valence-electron chi connectivity index (χ4n) is 2.20. The predicted octanol–water partition coefficient (Wildman–Crippen LogP) is 2.31. The topological polar surface area (TPSA) is 107 Å². The van der Waals surface area contributed by atoms with Gasteiger partial charge in [0.2, 0.25) is 0 Å². The molecule has 0 radical (unpaired) electrons. The van der Waals surface area contributed by atoms with E-state index in [2.05, 4.69) is 0 Å². The number of nitrogens with two attached hydrogens (primary N) is 1. The standard InChI is InChI=1S/C15H16ClN3O4S/c16-18(11-13(17)10-12-6-2-1-3-7-12)24(22,23)15-9-5-4-8-14(15)19(20)21/h1-9,13H,10-11,17H2/t13-/m1/s1. The Morgan fingerprint density at radius 2 is 1.71 bits per heavy atom. The highest BCUT2D eigenvalue weighted by Crippen LogP contribution is 2.27. The zero-order chi connectivity index (χ0) is 17.7. The number of nitrogens with zero attached hydrogens (tertiary/aromatic N) is 2. The first-order valence-electron chi connectivity index (χ1n) is 7.04. The van der Waals surface area contributed by atoms with E-state index in [0.29, 0.717) is 10.2 Å². The molecule has 2 N–H and O–H groups in total. The summed E-state index contributed by atoms with van der Waals surface area (Å²) in [5, 5.41) is 11.0. The van der Waals surface area contributed by atoms with Crippen molar-refractivity contribution in [3.8, 4) is 0 Å². The third kappa shape index (κ3) is 4.30. The summed E-state index contributed by atoms with van der Waals surface area (Å²) in [7, 11) is -4.22. The molecule has 0 fully saturated rings. The van der Waals surface area contributed by atoms with Crippen molar-refractivity contribution in [1.29, 1.82) is 0 Å². The molecule has 2 rings (SSSR count). The van der Waals surface area contributed by atoms with Gasteiger partial charge in [0, 0.05) is 18.7 Å². The van der Waals surface area contributed by atoms with Crippen molar-refractivity contribution in [1.82, 2.24) is 3.82 Å². The number of nitro benzene ring substituents is 1. The number of nitro groups is 1. The number of benzene rings is 2. The molecule has 0 aliphatic heterocycles. The lowest BCUT2D eigenvalue weighted by atomic mass is 10.1. The molecule has 2 aromatic carbocycles. The number of halogens is 1. The number of rotatable bonds is 7. The Hall–Kier alpha value is -2.00. The minimum Gasteiger partial charge on any atom is -0.326 e. The Kier molecular flexibility index (Phi) is 5.89. The Balaban J connectivity index is 2.16. The molecule has 128 valence electrons. The van der Waals surface area contributed by atoms with Gasteiger partial charge in [-0.25, -0.2) is 8.42 Å². The summed E-state index contributed by atoms with van der Waals surface area (Å²) in [6.07, 6.45) is 0.427. The van der Waals surface area contributed by atoms with Crippen LogP contribution in [0.15, 0.2) is 59.5 Å². The average molecular weight is 370 g/mol. The molecule has 1 atom stereocenters. The molecule has 0 heterocycles. The molecule has 9 heteroatoms. The van der Waals surface area contributed by atoms with Gasteiger partial charge in [0.15, 0.2) is 4.90 Å². The lowest BCUT2D eigenvalue weighted by Crippen LogP contribution is -2.37. The number of hydrogen-bond donors (Lipinski definition) is 1. The van der Waals surface area contributed by atoms with Gasteiger partial charge in [-0.1, -0.05) is 42.5 Å². The largest absolute Gasteiger partial charge is 0.326 e. The predicted molar refractivity (Wildman–Crippen MR) is 91.0 cm³/mol. The van der Waals surface area contributed by atoms with Crippen LogP contribution in [0, 0.1) is 10.1 Å². The maximum absolute atomic E-state index is 12.5. The number of sulfonamides is 1. The SMILES string of the molecule is N[C@H](Cc1ccccc1)CN(Cl)S(=O)(=O)c1ccccc1[N+](=O)[O-]. The van der Waals surface area contributed by atoms with E-state index in [0.717, 1.165) is 17.7 Å². The van der Waals surface area contributed by atoms with Crippen LogP contribution in [0.2, 0.25) is 0 Å². The second kappa shape index (κ2) is 7.71. The van der Waals surface area contributed by atoms with Crippen LogP contribution in [-0.2, 0) is 16.4 Å². The van der Waals surface area contributed by atoms with Crippen molar-refractivity contribution < 1.29 is 13.3 Å². The fraction of sp³-hybridized carbons (Fsp3) is 0.200. The first kappa shape index (κ1) is 18.3. The number of para-hydroxylation sites is 1. The molecular weight excluding hydrogens is 354 g/mol. The lowest BCUT2D eigenvalue weighted by Gasteiger charge is -2.19. The highest BCUT2D eigenvalue weighted by molar-refractivity contribution is 7.90. The third-order valence-corrected chi connectivity index (χ3v) is 5.57.